The van der Waals surface area contributed by atoms with Gasteiger partial charge in [0.1, 0.15) is 6.04 Å². The summed E-state index contributed by atoms with van der Waals surface area (Å²) in [6.07, 6.45) is 0. The standard InChI is InChI=1S/C23H23N3O2/c24-22(27)21(18-8-2-1-3-9-18)25-13-15-26(16-14-25)23(28)20-12-6-10-17-7-4-5-11-19(17)20/h1-12,21H,13-16H2,(H2,24,27). The minimum Gasteiger partial charge on any atom is -0.368 e. The lowest BCUT2D eigenvalue weighted by Crippen LogP contribution is -2.51. The molecule has 0 aliphatic carbocycles. The molecule has 1 unspecified atom stereocenters. The van der Waals surface area contributed by atoms with Crippen molar-refractivity contribution >= 4 is 22.6 Å². The first kappa shape index (κ1) is 18.2. The van der Waals surface area contributed by atoms with Gasteiger partial charge in [-0.2, -0.15) is 0 Å². The zero-order valence-corrected chi connectivity index (χ0v) is 15.6. The highest BCUT2D eigenvalue weighted by Crippen LogP contribution is 2.24. The lowest BCUT2D eigenvalue weighted by molar-refractivity contribution is -0.124. The Labute approximate surface area is 164 Å². The van der Waals surface area contributed by atoms with E-state index in [0.29, 0.717) is 26.2 Å². The molecule has 1 aliphatic rings. The summed E-state index contributed by atoms with van der Waals surface area (Å²) < 4.78 is 0. The van der Waals surface area contributed by atoms with E-state index in [1.807, 2.05) is 77.7 Å². The molecule has 1 aliphatic heterocycles. The second-order valence-electron chi connectivity index (χ2n) is 7.07. The average Bonchev–Trinajstić information content (AvgIpc) is 2.74. The van der Waals surface area contributed by atoms with Crippen molar-refractivity contribution in [3.8, 4) is 0 Å². The number of nitrogens with two attached hydrogens (primary N) is 1. The predicted octanol–water partition coefficient (Wildman–Crippen LogP) is 2.82. The second-order valence-corrected chi connectivity index (χ2v) is 7.07. The van der Waals surface area contributed by atoms with Crippen molar-refractivity contribution < 1.29 is 9.59 Å². The summed E-state index contributed by atoms with van der Waals surface area (Å²) in [6.45, 7) is 2.36. The van der Waals surface area contributed by atoms with Crippen LogP contribution in [0, 0.1) is 0 Å². The number of hydrogen-bond acceptors (Lipinski definition) is 3. The van der Waals surface area contributed by atoms with E-state index in [2.05, 4.69) is 4.90 Å². The van der Waals surface area contributed by atoms with Crippen LogP contribution in [0.4, 0.5) is 0 Å². The summed E-state index contributed by atoms with van der Waals surface area (Å²) in [7, 11) is 0. The largest absolute Gasteiger partial charge is 0.368 e. The predicted molar refractivity (Wildman–Crippen MR) is 110 cm³/mol. The van der Waals surface area contributed by atoms with E-state index in [4.69, 9.17) is 5.73 Å². The number of primary amides is 1. The highest BCUT2D eigenvalue weighted by Gasteiger charge is 2.30. The molecule has 3 aromatic carbocycles. The SMILES string of the molecule is NC(=O)C(c1ccccc1)N1CCN(C(=O)c2cccc3ccccc23)CC1. The molecule has 2 amide bonds. The smallest absolute Gasteiger partial charge is 0.254 e. The number of nitrogens with zero attached hydrogens (tertiary/aromatic N) is 2. The Morgan fingerprint density at radius 3 is 2.14 bits per heavy atom. The van der Waals surface area contributed by atoms with Crippen LogP contribution in [0.5, 0.6) is 0 Å². The maximum absolute atomic E-state index is 13.1. The van der Waals surface area contributed by atoms with E-state index in [9.17, 15) is 9.59 Å². The van der Waals surface area contributed by atoms with Gasteiger partial charge in [-0.3, -0.25) is 14.5 Å². The van der Waals surface area contributed by atoms with E-state index < -0.39 is 6.04 Å². The third kappa shape index (κ3) is 3.49. The fourth-order valence-corrected chi connectivity index (χ4v) is 3.96. The molecule has 2 N–H and O–H groups in total. The molecule has 0 bridgehead atoms. The van der Waals surface area contributed by atoms with Gasteiger partial charge >= 0.3 is 0 Å². The van der Waals surface area contributed by atoms with Gasteiger partial charge in [0.25, 0.3) is 5.91 Å². The third-order valence-corrected chi connectivity index (χ3v) is 5.37. The van der Waals surface area contributed by atoms with Gasteiger partial charge in [0.15, 0.2) is 0 Å². The highest BCUT2D eigenvalue weighted by atomic mass is 16.2. The summed E-state index contributed by atoms with van der Waals surface area (Å²) in [6, 6.07) is 22.9. The Morgan fingerprint density at radius 2 is 1.43 bits per heavy atom. The molecule has 5 heteroatoms. The summed E-state index contributed by atoms with van der Waals surface area (Å²) in [5.74, 6) is -0.327. The molecule has 1 saturated heterocycles. The van der Waals surface area contributed by atoms with Crippen LogP contribution in [-0.2, 0) is 4.79 Å². The number of piperazine rings is 1. The van der Waals surface area contributed by atoms with Crippen molar-refractivity contribution in [3.63, 3.8) is 0 Å². The first-order chi connectivity index (χ1) is 13.6. The molecule has 4 rings (SSSR count). The number of amides is 2. The van der Waals surface area contributed by atoms with Gasteiger partial charge in [-0.05, 0) is 22.4 Å². The Bertz CT molecular complexity index is 990. The van der Waals surface area contributed by atoms with Gasteiger partial charge in [0.2, 0.25) is 5.91 Å². The molecule has 0 spiro atoms. The zero-order valence-electron chi connectivity index (χ0n) is 15.6. The number of carbonyl (C=O) groups excluding carboxylic acids is 2. The summed E-state index contributed by atoms with van der Waals surface area (Å²) >= 11 is 0. The van der Waals surface area contributed by atoms with E-state index in [-0.39, 0.29) is 11.8 Å². The molecular weight excluding hydrogens is 350 g/mol. The van der Waals surface area contributed by atoms with Gasteiger partial charge in [-0.25, -0.2) is 0 Å². The minimum atomic E-state index is -0.462. The molecule has 1 heterocycles. The molecule has 28 heavy (non-hydrogen) atoms. The van der Waals surface area contributed by atoms with Gasteiger partial charge < -0.3 is 10.6 Å². The Hall–Kier alpha value is -3.18. The van der Waals surface area contributed by atoms with Crippen molar-refractivity contribution in [1.29, 1.82) is 0 Å². The van der Waals surface area contributed by atoms with Crippen LogP contribution in [0.2, 0.25) is 0 Å². The Morgan fingerprint density at radius 1 is 0.786 bits per heavy atom. The summed E-state index contributed by atoms with van der Waals surface area (Å²) in [4.78, 5) is 29.1. The number of fused-ring (bicyclic) bond motifs is 1. The molecule has 3 aromatic rings. The Balaban J connectivity index is 1.50. The van der Waals surface area contributed by atoms with Crippen LogP contribution >= 0.6 is 0 Å². The van der Waals surface area contributed by atoms with Crippen LogP contribution in [0.15, 0.2) is 72.8 Å². The van der Waals surface area contributed by atoms with Crippen LogP contribution in [0.3, 0.4) is 0 Å². The quantitative estimate of drug-likeness (QED) is 0.765. The fraction of sp³-hybridized carbons (Fsp3) is 0.217. The van der Waals surface area contributed by atoms with Crippen molar-refractivity contribution in [1.82, 2.24) is 9.80 Å². The van der Waals surface area contributed by atoms with E-state index in [1.54, 1.807) is 0 Å². The minimum absolute atomic E-state index is 0.0341. The summed E-state index contributed by atoms with van der Waals surface area (Å²) in [5, 5.41) is 2.03. The van der Waals surface area contributed by atoms with E-state index in [0.717, 1.165) is 21.9 Å². The normalized spacial score (nSPS) is 16.1. The second kappa shape index (κ2) is 7.82. The van der Waals surface area contributed by atoms with Crippen molar-refractivity contribution in [2.45, 2.75) is 6.04 Å². The molecule has 1 fully saturated rings. The number of carbonyl (C=O) groups is 2. The topological polar surface area (TPSA) is 66.6 Å². The fourth-order valence-electron chi connectivity index (χ4n) is 3.96. The van der Waals surface area contributed by atoms with E-state index >= 15 is 0 Å². The summed E-state index contributed by atoms with van der Waals surface area (Å²) in [5.41, 5.74) is 7.30. The van der Waals surface area contributed by atoms with Crippen molar-refractivity contribution in [2.75, 3.05) is 26.2 Å². The van der Waals surface area contributed by atoms with Crippen LogP contribution in [-0.4, -0.2) is 47.8 Å². The lowest BCUT2D eigenvalue weighted by Gasteiger charge is -2.38. The molecule has 5 nitrogen and oxygen atoms in total. The maximum atomic E-state index is 13.1. The van der Waals surface area contributed by atoms with Crippen LogP contribution < -0.4 is 5.73 Å². The van der Waals surface area contributed by atoms with Crippen molar-refractivity contribution in [3.05, 3.63) is 83.9 Å². The molecule has 142 valence electrons. The number of benzene rings is 3. The van der Waals surface area contributed by atoms with Gasteiger partial charge in [0, 0.05) is 31.7 Å². The Kier molecular flexibility index (Phi) is 5.08. The number of rotatable bonds is 4. The zero-order chi connectivity index (χ0) is 19.5. The monoisotopic (exact) mass is 373 g/mol. The van der Waals surface area contributed by atoms with Gasteiger partial charge in [-0.1, -0.05) is 66.7 Å². The van der Waals surface area contributed by atoms with Gasteiger partial charge in [-0.15, -0.1) is 0 Å². The highest BCUT2D eigenvalue weighted by molar-refractivity contribution is 6.07. The third-order valence-electron chi connectivity index (χ3n) is 5.37. The molecule has 0 saturated carbocycles. The average molecular weight is 373 g/mol. The van der Waals surface area contributed by atoms with Gasteiger partial charge in [0.05, 0.1) is 0 Å². The molecule has 1 atom stereocenters. The molecule has 0 aromatic heterocycles. The van der Waals surface area contributed by atoms with E-state index in [1.165, 1.54) is 0 Å². The molecule has 0 radical (unpaired) electrons. The number of hydrogen-bond donors (Lipinski definition) is 1. The van der Waals surface area contributed by atoms with Crippen LogP contribution in [0.25, 0.3) is 10.8 Å². The molecular formula is C23H23N3O2. The first-order valence-corrected chi connectivity index (χ1v) is 9.50. The maximum Gasteiger partial charge on any atom is 0.254 e. The first-order valence-electron chi connectivity index (χ1n) is 9.50. The van der Waals surface area contributed by atoms with Crippen LogP contribution in [0.1, 0.15) is 22.0 Å². The van der Waals surface area contributed by atoms with Crippen molar-refractivity contribution in [2.24, 2.45) is 5.73 Å². The lowest BCUT2D eigenvalue weighted by atomic mass is 10.0.